The van der Waals surface area contributed by atoms with Gasteiger partial charge < -0.3 is 10.1 Å². The summed E-state index contributed by atoms with van der Waals surface area (Å²) in [6.45, 7) is 0.166. The molecule has 1 fully saturated rings. The zero-order valence-corrected chi connectivity index (χ0v) is 13.3. The number of nitrogens with zero attached hydrogens (tertiary/aromatic N) is 6. The lowest BCUT2D eigenvalue weighted by Crippen LogP contribution is -2.25. The number of cyclic esters (lactones) is 1. The first kappa shape index (κ1) is 16.6. The summed E-state index contributed by atoms with van der Waals surface area (Å²) in [6, 6.07) is 4.19. The van der Waals surface area contributed by atoms with Crippen molar-refractivity contribution in [3.05, 3.63) is 34.5 Å². The molecule has 128 valence electrons. The van der Waals surface area contributed by atoms with E-state index in [0.29, 0.717) is 17.1 Å². The van der Waals surface area contributed by atoms with Gasteiger partial charge in [-0.05, 0) is 23.7 Å². The summed E-state index contributed by atoms with van der Waals surface area (Å²) in [4.78, 5) is 26.1. The summed E-state index contributed by atoms with van der Waals surface area (Å²) in [5, 5.41) is 13.8. The van der Waals surface area contributed by atoms with Crippen molar-refractivity contribution in [2.24, 2.45) is 5.11 Å². The minimum atomic E-state index is -0.640. The van der Waals surface area contributed by atoms with Gasteiger partial charge in [-0.3, -0.25) is 9.69 Å². The topological polar surface area (TPSA) is 133 Å². The van der Waals surface area contributed by atoms with E-state index in [-0.39, 0.29) is 23.8 Å². The van der Waals surface area contributed by atoms with Crippen LogP contribution < -0.4 is 10.2 Å². The zero-order chi connectivity index (χ0) is 17.8. The first-order valence-electron chi connectivity index (χ1n) is 6.95. The average Bonchev–Trinajstić information content (AvgIpc) is 3.20. The van der Waals surface area contributed by atoms with Gasteiger partial charge in [0.25, 0.3) is 0 Å². The summed E-state index contributed by atoms with van der Waals surface area (Å²) in [7, 11) is 0. The van der Waals surface area contributed by atoms with Gasteiger partial charge in [0.15, 0.2) is 5.01 Å². The molecule has 0 saturated carbocycles. The van der Waals surface area contributed by atoms with Crippen LogP contribution in [0.1, 0.15) is 0 Å². The number of aromatic nitrogens is 2. The molecule has 1 aliphatic heterocycles. The molecule has 1 atom stereocenters. The van der Waals surface area contributed by atoms with E-state index in [4.69, 9.17) is 10.3 Å². The second kappa shape index (κ2) is 7.11. The van der Waals surface area contributed by atoms with Crippen LogP contribution in [0.5, 0.6) is 0 Å². The highest BCUT2D eigenvalue weighted by Gasteiger charge is 2.32. The van der Waals surface area contributed by atoms with Crippen LogP contribution in [0.2, 0.25) is 0 Å². The van der Waals surface area contributed by atoms with Crippen LogP contribution >= 0.6 is 11.3 Å². The Labute approximate surface area is 143 Å². The predicted molar refractivity (Wildman–Crippen MR) is 86.6 cm³/mol. The number of hydrogen-bond donors (Lipinski definition) is 1. The number of nitrogens with one attached hydrogen (secondary N) is 1. The Balaban J connectivity index is 1.80. The molecule has 2 amide bonds. The Morgan fingerprint density at radius 3 is 3.12 bits per heavy atom. The molecule has 1 saturated heterocycles. The smallest absolute Gasteiger partial charge is 0.414 e. The Morgan fingerprint density at radius 1 is 1.56 bits per heavy atom. The molecular weight excluding hydrogens is 353 g/mol. The number of hydrogen-bond acceptors (Lipinski definition) is 7. The maximum atomic E-state index is 14.4. The number of amides is 2. The molecule has 12 heteroatoms. The van der Waals surface area contributed by atoms with E-state index in [1.54, 1.807) is 6.07 Å². The monoisotopic (exact) mass is 363 g/mol. The molecule has 1 aliphatic rings. The lowest BCUT2D eigenvalue weighted by Gasteiger charge is -2.13. The van der Waals surface area contributed by atoms with E-state index < -0.39 is 18.0 Å². The van der Waals surface area contributed by atoms with Crippen molar-refractivity contribution in [3.63, 3.8) is 0 Å². The Hall–Kier alpha value is -3.24. The van der Waals surface area contributed by atoms with Crippen LogP contribution in [0.25, 0.3) is 21.0 Å². The van der Waals surface area contributed by atoms with Crippen molar-refractivity contribution in [3.8, 4) is 10.6 Å². The Kier molecular flexibility index (Phi) is 4.73. The van der Waals surface area contributed by atoms with Gasteiger partial charge in [0.1, 0.15) is 11.9 Å². The summed E-state index contributed by atoms with van der Waals surface area (Å²) in [5.74, 6) is -0.599. The van der Waals surface area contributed by atoms with E-state index in [1.165, 1.54) is 17.0 Å². The van der Waals surface area contributed by atoms with Crippen molar-refractivity contribution >= 4 is 34.7 Å². The molecule has 0 spiro atoms. The first-order chi connectivity index (χ1) is 12.1. The van der Waals surface area contributed by atoms with E-state index >= 15 is 0 Å². The number of anilines is 2. The highest BCUT2D eigenvalue weighted by atomic mass is 32.1. The molecule has 0 bridgehead atoms. The molecule has 0 unspecified atom stereocenters. The number of ether oxygens (including phenoxy) is 1. The fourth-order valence-corrected chi connectivity index (χ4v) is 2.97. The number of halogens is 1. The number of azide groups is 1. The van der Waals surface area contributed by atoms with E-state index in [0.717, 1.165) is 11.3 Å². The Bertz CT molecular complexity index is 867. The molecule has 1 N–H and O–H groups in total. The average molecular weight is 363 g/mol. The van der Waals surface area contributed by atoms with Crippen LogP contribution in [0.15, 0.2) is 23.3 Å². The van der Waals surface area contributed by atoms with Crippen LogP contribution in [-0.4, -0.2) is 41.9 Å². The molecular formula is C13H10FN7O3S. The third kappa shape index (κ3) is 3.49. The summed E-state index contributed by atoms with van der Waals surface area (Å²) < 4.78 is 19.5. The molecule has 2 aromatic rings. The van der Waals surface area contributed by atoms with Gasteiger partial charge in [-0.15, -0.1) is 10.2 Å². The minimum Gasteiger partial charge on any atom is -0.444 e. The SMILES string of the molecule is [N-]=[N+]=NC[C@H]1CN(c2ccc(-c3nnc(NC=O)s3)c(F)c2)C(=O)O1. The molecule has 25 heavy (non-hydrogen) atoms. The van der Waals surface area contributed by atoms with Crippen molar-refractivity contribution in [1.29, 1.82) is 0 Å². The first-order valence-corrected chi connectivity index (χ1v) is 7.76. The zero-order valence-electron chi connectivity index (χ0n) is 12.5. The predicted octanol–water partition coefficient (Wildman–Crippen LogP) is 2.55. The third-order valence-electron chi connectivity index (χ3n) is 3.32. The van der Waals surface area contributed by atoms with Crippen molar-refractivity contribution in [2.45, 2.75) is 6.10 Å². The number of carbonyl (C=O) groups excluding carboxylic acids is 2. The van der Waals surface area contributed by atoms with Crippen LogP contribution in [0.3, 0.4) is 0 Å². The van der Waals surface area contributed by atoms with Crippen LogP contribution in [0.4, 0.5) is 20.0 Å². The normalized spacial score (nSPS) is 16.3. The minimum absolute atomic E-state index is 0.0105. The number of carbonyl (C=O) groups is 2. The molecule has 1 aromatic carbocycles. The summed E-state index contributed by atoms with van der Waals surface area (Å²) in [5.41, 5.74) is 8.81. The van der Waals surface area contributed by atoms with Crippen LogP contribution in [0, 0.1) is 5.82 Å². The molecule has 1 aromatic heterocycles. The number of rotatable bonds is 6. The van der Waals surface area contributed by atoms with Crippen molar-refractivity contribution in [2.75, 3.05) is 23.3 Å². The van der Waals surface area contributed by atoms with Gasteiger partial charge in [-0.2, -0.15) is 0 Å². The molecule has 0 radical (unpaired) electrons. The second-order valence-corrected chi connectivity index (χ2v) is 5.85. The highest BCUT2D eigenvalue weighted by molar-refractivity contribution is 7.18. The van der Waals surface area contributed by atoms with Gasteiger partial charge >= 0.3 is 6.09 Å². The maximum Gasteiger partial charge on any atom is 0.414 e. The van der Waals surface area contributed by atoms with Gasteiger partial charge in [0.2, 0.25) is 11.5 Å². The summed E-state index contributed by atoms with van der Waals surface area (Å²) in [6.07, 6.45) is -0.764. The molecule has 10 nitrogen and oxygen atoms in total. The van der Waals surface area contributed by atoms with E-state index in [9.17, 15) is 14.0 Å². The lowest BCUT2D eigenvalue weighted by molar-refractivity contribution is -0.105. The summed E-state index contributed by atoms with van der Waals surface area (Å²) >= 11 is 1.02. The van der Waals surface area contributed by atoms with Gasteiger partial charge in [-0.25, -0.2) is 9.18 Å². The fraction of sp³-hybridized carbons (Fsp3) is 0.231. The Morgan fingerprint density at radius 2 is 2.40 bits per heavy atom. The number of benzene rings is 1. The third-order valence-corrected chi connectivity index (χ3v) is 4.21. The van der Waals surface area contributed by atoms with Gasteiger partial charge in [0.05, 0.1) is 18.8 Å². The molecule has 2 heterocycles. The van der Waals surface area contributed by atoms with E-state index in [2.05, 4.69) is 25.5 Å². The van der Waals surface area contributed by atoms with E-state index in [1.807, 2.05) is 0 Å². The van der Waals surface area contributed by atoms with Crippen molar-refractivity contribution in [1.82, 2.24) is 10.2 Å². The maximum absolute atomic E-state index is 14.4. The highest BCUT2D eigenvalue weighted by Crippen LogP contribution is 2.31. The lowest BCUT2D eigenvalue weighted by atomic mass is 10.2. The van der Waals surface area contributed by atoms with Gasteiger partial charge in [-0.1, -0.05) is 16.5 Å². The van der Waals surface area contributed by atoms with Crippen molar-refractivity contribution < 1.29 is 18.7 Å². The largest absolute Gasteiger partial charge is 0.444 e. The van der Waals surface area contributed by atoms with Crippen LogP contribution in [-0.2, 0) is 9.53 Å². The standard InChI is InChI=1S/C13H10FN7O3S/c14-10-3-7(21-5-8(4-17-20-15)24-13(21)23)1-2-9(10)11-18-19-12(25-11)16-6-22/h1-3,6,8H,4-5H2,(H,16,19,22)/t8-/m0/s1. The fourth-order valence-electron chi connectivity index (χ4n) is 2.24. The quantitative estimate of drug-likeness (QED) is 0.364. The van der Waals surface area contributed by atoms with Gasteiger partial charge in [0, 0.05) is 10.5 Å². The molecule has 3 rings (SSSR count). The second-order valence-electron chi connectivity index (χ2n) is 4.87. The molecule has 0 aliphatic carbocycles.